The number of hydrogen-bond donors (Lipinski definition) is 1. The summed E-state index contributed by atoms with van der Waals surface area (Å²) in [4.78, 5) is 2.11. The van der Waals surface area contributed by atoms with Crippen molar-refractivity contribution in [1.29, 1.82) is 0 Å². The van der Waals surface area contributed by atoms with Gasteiger partial charge in [-0.3, -0.25) is 0 Å². The summed E-state index contributed by atoms with van der Waals surface area (Å²) in [6.45, 7) is 2.96. The highest BCUT2D eigenvalue weighted by Gasteiger charge is 2.33. The van der Waals surface area contributed by atoms with Crippen molar-refractivity contribution in [3.8, 4) is 0 Å². The molecule has 1 aromatic carbocycles. The third-order valence-electron chi connectivity index (χ3n) is 4.13. The van der Waals surface area contributed by atoms with Gasteiger partial charge in [-0.2, -0.15) is 13.1 Å². The number of nitrogens with zero attached hydrogens (tertiary/aromatic N) is 2. The van der Waals surface area contributed by atoms with Gasteiger partial charge in [0.25, 0.3) is 0 Å². The zero-order valence-electron chi connectivity index (χ0n) is 12.2. The van der Waals surface area contributed by atoms with Crippen LogP contribution in [0.4, 0.5) is 0 Å². The van der Waals surface area contributed by atoms with E-state index in [1.165, 1.54) is 5.56 Å². The average Bonchev–Trinajstić information content (AvgIpc) is 2.70. The van der Waals surface area contributed by atoms with Crippen molar-refractivity contribution in [2.24, 2.45) is 4.40 Å². The van der Waals surface area contributed by atoms with Crippen LogP contribution >= 0.6 is 0 Å². The minimum Gasteiger partial charge on any atom is -0.339 e. The zero-order valence-corrected chi connectivity index (χ0v) is 13.1. The second kappa shape index (κ2) is 5.77. The fourth-order valence-corrected chi connectivity index (χ4v) is 4.02. The Morgan fingerprint density at radius 2 is 2.00 bits per heavy atom. The van der Waals surface area contributed by atoms with Crippen molar-refractivity contribution in [3.63, 3.8) is 0 Å². The normalized spacial score (nSPS) is 24.9. The Morgan fingerprint density at radius 1 is 1.24 bits per heavy atom. The van der Waals surface area contributed by atoms with Crippen LogP contribution in [0.3, 0.4) is 0 Å². The van der Waals surface area contributed by atoms with Crippen LogP contribution in [-0.2, 0) is 16.6 Å². The molecule has 0 unspecified atom stereocenters. The van der Waals surface area contributed by atoms with Crippen LogP contribution in [0, 0.1) is 0 Å². The molecule has 2 heterocycles. The van der Waals surface area contributed by atoms with E-state index in [9.17, 15) is 8.42 Å². The van der Waals surface area contributed by atoms with Crippen LogP contribution in [0.1, 0.15) is 49.9 Å². The van der Waals surface area contributed by atoms with Gasteiger partial charge in [-0.1, -0.05) is 37.6 Å². The van der Waals surface area contributed by atoms with Gasteiger partial charge in [-0.25, -0.2) is 0 Å². The minimum absolute atomic E-state index is 0.327. The van der Waals surface area contributed by atoms with E-state index in [0.717, 1.165) is 44.2 Å². The molecule has 0 aliphatic carbocycles. The smallest absolute Gasteiger partial charge is 0.323 e. The van der Waals surface area contributed by atoms with Crippen molar-refractivity contribution in [2.75, 3.05) is 6.54 Å². The molecule has 1 N–H and O–H groups in total. The van der Waals surface area contributed by atoms with Gasteiger partial charge < -0.3 is 4.90 Å². The molecule has 114 valence electrons. The predicted octanol–water partition coefficient (Wildman–Crippen LogP) is 2.37. The number of amidine groups is 1. The molecule has 0 bridgehead atoms. The SMILES string of the molecule is CCc1ccc([C@H]2NS(=O)(=O)N=C3CCCCCN32)cc1. The molecule has 0 saturated carbocycles. The number of hydrogen-bond acceptors (Lipinski definition) is 3. The lowest BCUT2D eigenvalue weighted by atomic mass is 10.1. The maximum atomic E-state index is 12.0. The minimum atomic E-state index is -3.59. The van der Waals surface area contributed by atoms with Crippen LogP contribution in [0.15, 0.2) is 28.7 Å². The largest absolute Gasteiger partial charge is 0.339 e. The summed E-state index contributed by atoms with van der Waals surface area (Å²) >= 11 is 0. The van der Waals surface area contributed by atoms with E-state index in [0.29, 0.717) is 5.84 Å². The lowest BCUT2D eigenvalue weighted by Gasteiger charge is -2.36. The fourth-order valence-electron chi connectivity index (χ4n) is 2.94. The molecular weight excluding hydrogens is 286 g/mol. The number of rotatable bonds is 2. The molecule has 0 aromatic heterocycles. The van der Waals surface area contributed by atoms with Gasteiger partial charge in [-0.15, -0.1) is 4.40 Å². The Kier molecular flexibility index (Phi) is 3.99. The van der Waals surface area contributed by atoms with Crippen LogP contribution in [0.5, 0.6) is 0 Å². The Labute approximate surface area is 126 Å². The summed E-state index contributed by atoms with van der Waals surface area (Å²) in [5.74, 6) is 0.704. The predicted molar refractivity (Wildman–Crippen MR) is 83.2 cm³/mol. The van der Waals surface area contributed by atoms with Gasteiger partial charge in [0.1, 0.15) is 12.0 Å². The van der Waals surface area contributed by atoms with Crippen LogP contribution in [-0.4, -0.2) is 25.7 Å². The summed E-state index contributed by atoms with van der Waals surface area (Å²) in [5.41, 5.74) is 2.23. The van der Waals surface area contributed by atoms with Crippen LogP contribution in [0.25, 0.3) is 0 Å². The first-order chi connectivity index (χ1) is 10.1. The fraction of sp³-hybridized carbons (Fsp3) is 0.533. The van der Waals surface area contributed by atoms with E-state index in [4.69, 9.17) is 0 Å². The quantitative estimate of drug-likeness (QED) is 0.912. The lowest BCUT2D eigenvalue weighted by Crippen LogP contribution is -2.48. The van der Waals surface area contributed by atoms with Crippen molar-refractivity contribution in [1.82, 2.24) is 9.62 Å². The first kappa shape index (κ1) is 14.5. The van der Waals surface area contributed by atoms with Crippen LogP contribution in [0.2, 0.25) is 0 Å². The molecule has 1 fully saturated rings. The highest BCUT2D eigenvalue weighted by atomic mass is 32.2. The number of nitrogens with one attached hydrogen (secondary N) is 1. The summed E-state index contributed by atoms with van der Waals surface area (Å²) < 4.78 is 30.6. The summed E-state index contributed by atoms with van der Waals surface area (Å²) in [7, 11) is -3.59. The molecular formula is C15H21N3O2S. The van der Waals surface area contributed by atoms with Gasteiger partial charge in [0, 0.05) is 13.0 Å². The van der Waals surface area contributed by atoms with Crippen molar-refractivity contribution in [3.05, 3.63) is 35.4 Å². The highest BCUT2D eigenvalue weighted by Crippen LogP contribution is 2.28. The van der Waals surface area contributed by atoms with Gasteiger partial charge >= 0.3 is 10.2 Å². The highest BCUT2D eigenvalue weighted by molar-refractivity contribution is 7.88. The maximum Gasteiger partial charge on any atom is 0.323 e. The third kappa shape index (κ3) is 3.11. The Hall–Kier alpha value is -1.40. The number of aryl methyl sites for hydroxylation is 1. The van der Waals surface area contributed by atoms with Crippen molar-refractivity contribution < 1.29 is 8.42 Å². The molecule has 6 heteroatoms. The maximum absolute atomic E-state index is 12.0. The summed E-state index contributed by atoms with van der Waals surface area (Å²) in [5, 5.41) is 0. The molecule has 2 aliphatic rings. The molecule has 2 aliphatic heterocycles. The standard InChI is InChI=1S/C15H21N3O2S/c1-2-12-7-9-13(10-8-12)15-17-21(19,20)16-14-6-4-3-5-11-18(14)15/h7-10,15,17H,2-6,11H2,1H3/t15-/m0/s1. The van der Waals surface area contributed by atoms with E-state index in [1.54, 1.807) is 0 Å². The van der Waals surface area contributed by atoms with Gasteiger partial charge in [-0.05, 0) is 30.4 Å². The zero-order chi connectivity index (χ0) is 14.9. The van der Waals surface area contributed by atoms with E-state index in [1.807, 2.05) is 12.1 Å². The molecule has 1 aromatic rings. The van der Waals surface area contributed by atoms with Gasteiger partial charge in [0.2, 0.25) is 0 Å². The Bertz CT molecular complexity index is 637. The average molecular weight is 307 g/mol. The van der Waals surface area contributed by atoms with E-state index >= 15 is 0 Å². The molecule has 0 radical (unpaired) electrons. The lowest BCUT2D eigenvalue weighted by molar-refractivity contribution is 0.291. The van der Waals surface area contributed by atoms with E-state index in [-0.39, 0.29) is 6.17 Å². The van der Waals surface area contributed by atoms with Gasteiger partial charge in [0.05, 0.1) is 0 Å². The number of fused-ring (bicyclic) bond motifs is 1. The molecule has 1 saturated heterocycles. The molecule has 5 nitrogen and oxygen atoms in total. The van der Waals surface area contributed by atoms with E-state index in [2.05, 4.69) is 33.1 Å². The van der Waals surface area contributed by atoms with Crippen molar-refractivity contribution >= 4 is 16.0 Å². The second-order valence-corrected chi connectivity index (χ2v) is 6.97. The Balaban J connectivity index is 1.97. The first-order valence-corrected chi connectivity index (χ1v) is 8.99. The molecule has 3 rings (SSSR count). The van der Waals surface area contributed by atoms with Crippen molar-refractivity contribution in [2.45, 2.75) is 45.2 Å². The van der Waals surface area contributed by atoms with Crippen LogP contribution < -0.4 is 4.72 Å². The molecule has 0 amide bonds. The molecule has 21 heavy (non-hydrogen) atoms. The van der Waals surface area contributed by atoms with E-state index < -0.39 is 10.2 Å². The molecule has 1 atom stereocenters. The van der Waals surface area contributed by atoms with Gasteiger partial charge in [0.15, 0.2) is 0 Å². The monoisotopic (exact) mass is 307 g/mol. The molecule has 0 spiro atoms. The summed E-state index contributed by atoms with van der Waals surface area (Å²) in [6.07, 6.45) is 4.59. The Morgan fingerprint density at radius 3 is 2.71 bits per heavy atom. The first-order valence-electron chi connectivity index (χ1n) is 7.55. The topological polar surface area (TPSA) is 61.8 Å². The summed E-state index contributed by atoms with van der Waals surface area (Å²) in [6, 6.07) is 8.15. The second-order valence-electron chi connectivity index (χ2n) is 5.60. The number of benzene rings is 1. The third-order valence-corrected chi connectivity index (χ3v) is 5.10.